The molecule has 17 heavy (non-hydrogen) atoms. The Bertz CT molecular complexity index is 379. The molecule has 1 fully saturated rings. The van der Waals surface area contributed by atoms with Crippen molar-refractivity contribution < 1.29 is 5.11 Å². The topological polar surface area (TPSA) is 48.4 Å². The lowest BCUT2D eigenvalue weighted by Gasteiger charge is -2.36. The van der Waals surface area contributed by atoms with E-state index < -0.39 is 5.60 Å². The van der Waals surface area contributed by atoms with Crippen molar-refractivity contribution >= 4 is 5.82 Å². The fraction of sp³-hybridized carbons (Fsp3) is 0.615. The van der Waals surface area contributed by atoms with E-state index in [0.29, 0.717) is 0 Å². The van der Waals surface area contributed by atoms with Crippen LogP contribution in [0.15, 0.2) is 18.2 Å². The van der Waals surface area contributed by atoms with E-state index in [1.807, 2.05) is 32.2 Å². The van der Waals surface area contributed by atoms with E-state index in [-0.39, 0.29) is 0 Å². The summed E-state index contributed by atoms with van der Waals surface area (Å²) in [5, 5.41) is 13.1. The number of hydrogen-bond acceptors (Lipinski definition) is 4. The van der Waals surface area contributed by atoms with Crippen LogP contribution in [0.3, 0.4) is 0 Å². The number of aromatic nitrogens is 1. The molecule has 2 heterocycles. The number of hydrogen-bond donors (Lipinski definition) is 2. The van der Waals surface area contributed by atoms with E-state index in [1.54, 1.807) is 0 Å². The standard InChI is InChI=1S/C13H21N3O/c1-13(17)7-4-8-16(10-13)9-11-5-3-6-12(14-2)15-11/h3,5-6,17H,4,7-10H2,1-2H3,(H,14,15). The Morgan fingerprint density at radius 1 is 1.53 bits per heavy atom. The van der Waals surface area contributed by atoms with Crippen LogP contribution in [-0.4, -0.2) is 40.7 Å². The summed E-state index contributed by atoms with van der Waals surface area (Å²) in [6.07, 6.45) is 1.95. The normalized spacial score (nSPS) is 25.8. The number of β-amino-alcohol motifs (C(OH)–C–C–N with tert-alkyl or cyclic N) is 1. The molecule has 1 aromatic heterocycles. The Hall–Kier alpha value is -1.13. The fourth-order valence-corrected chi connectivity index (χ4v) is 2.39. The van der Waals surface area contributed by atoms with Crippen LogP contribution in [0, 0.1) is 0 Å². The second-order valence-corrected chi connectivity index (χ2v) is 5.08. The van der Waals surface area contributed by atoms with Crippen molar-refractivity contribution in [3.63, 3.8) is 0 Å². The highest BCUT2D eigenvalue weighted by atomic mass is 16.3. The van der Waals surface area contributed by atoms with Gasteiger partial charge in [-0.1, -0.05) is 6.07 Å². The third-order valence-corrected chi connectivity index (χ3v) is 3.20. The van der Waals surface area contributed by atoms with E-state index in [4.69, 9.17) is 0 Å². The molecule has 0 spiro atoms. The second kappa shape index (κ2) is 5.02. The average Bonchev–Trinajstić information content (AvgIpc) is 2.28. The third-order valence-electron chi connectivity index (χ3n) is 3.20. The molecule has 0 aromatic carbocycles. The number of rotatable bonds is 3. The molecule has 94 valence electrons. The van der Waals surface area contributed by atoms with E-state index in [1.165, 1.54) is 0 Å². The molecule has 0 saturated carbocycles. The maximum atomic E-state index is 10.0. The summed E-state index contributed by atoms with van der Waals surface area (Å²) in [4.78, 5) is 6.77. The van der Waals surface area contributed by atoms with Gasteiger partial charge in [-0.15, -0.1) is 0 Å². The second-order valence-electron chi connectivity index (χ2n) is 5.08. The highest BCUT2D eigenvalue weighted by Crippen LogP contribution is 2.21. The minimum Gasteiger partial charge on any atom is -0.389 e. The molecular formula is C13H21N3O. The summed E-state index contributed by atoms with van der Waals surface area (Å²) in [6, 6.07) is 6.00. The summed E-state index contributed by atoms with van der Waals surface area (Å²) in [6.45, 7) is 4.50. The largest absolute Gasteiger partial charge is 0.389 e. The van der Waals surface area contributed by atoms with Crippen molar-refractivity contribution in [2.75, 3.05) is 25.5 Å². The third kappa shape index (κ3) is 3.41. The van der Waals surface area contributed by atoms with Gasteiger partial charge in [0.25, 0.3) is 0 Å². The first-order valence-electron chi connectivity index (χ1n) is 6.17. The van der Waals surface area contributed by atoms with Crippen LogP contribution in [0.2, 0.25) is 0 Å². The van der Waals surface area contributed by atoms with Crippen LogP contribution in [0.5, 0.6) is 0 Å². The summed E-state index contributed by atoms with van der Waals surface area (Å²) in [7, 11) is 1.87. The molecule has 2 N–H and O–H groups in total. The van der Waals surface area contributed by atoms with Crippen LogP contribution < -0.4 is 5.32 Å². The van der Waals surface area contributed by atoms with Crippen molar-refractivity contribution in [3.8, 4) is 0 Å². The van der Waals surface area contributed by atoms with E-state index in [0.717, 1.165) is 44.0 Å². The quantitative estimate of drug-likeness (QED) is 0.833. The lowest BCUT2D eigenvalue weighted by molar-refractivity contribution is -0.0184. The number of nitrogens with one attached hydrogen (secondary N) is 1. The molecule has 2 rings (SSSR count). The van der Waals surface area contributed by atoms with Gasteiger partial charge in [0.15, 0.2) is 0 Å². The van der Waals surface area contributed by atoms with Crippen LogP contribution >= 0.6 is 0 Å². The predicted molar refractivity (Wildman–Crippen MR) is 68.9 cm³/mol. The van der Waals surface area contributed by atoms with Gasteiger partial charge in [-0.25, -0.2) is 4.98 Å². The van der Waals surface area contributed by atoms with Crippen LogP contribution in [-0.2, 0) is 6.54 Å². The molecule has 1 aromatic rings. The molecule has 4 nitrogen and oxygen atoms in total. The molecule has 0 radical (unpaired) electrons. The molecule has 1 unspecified atom stereocenters. The molecule has 1 aliphatic rings. The smallest absolute Gasteiger partial charge is 0.126 e. The Morgan fingerprint density at radius 3 is 3.06 bits per heavy atom. The van der Waals surface area contributed by atoms with Gasteiger partial charge in [-0.05, 0) is 38.4 Å². The van der Waals surface area contributed by atoms with Crippen molar-refractivity contribution in [1.82, 2.24) is 9.88 Å². The maximum Gasteiger partial charge on any atom is 0.126 e. The average molecular weight is 235 g/mol. The Balaban J connectivity index is 2.00. The van der Waals surface area contributed by atoms with Gasteiger partial charge in [0.05, 0.1) is 11.3 Å². The number of anilines is 1. The van der Waals surface area contributed by atoms with E-state index in [2.05, 4.69) is 15.2 Å². The van der Waals surface area contributed by atoms with Gasteiger partial charge < -0.3 is 10.4 Å². The number of aliphatic hydroxyl groups is 1. The molecule has 1 atom stereocenters. The van der Waals surface area contributed by atoms with Crippen LogP contribution in [0.25, 0.3) is 0 Å². The Labute approximate surface area is 103 Å². The van der Waals surface area contributed by atoms with Gasteiger partial charge in [0, 0.05) is 20.1 Å². The van der Waals surface area contributed by atoms with Gasteiger partial charge in [0.2, 0.25) is 0 Å². The van der Waals surface area contributed by atoms with Gasteiger partial charge in [0.1, 0.15) is 5.82 Å². The van der Waals surface area contributed by atoms with Gasteiger partial charge in [-0.2, -0.15) is 0 Å². The maximum absolute atomic E-state index is 10.0. The SMILES string of the molecule is CNc1cccc(CN2CCCC(C)(O)C2)n1. The van der Waals surface area contributed by atoms with Crippen LogP contribution in [0.4, 0.5) is 5.82 Å². The summed E-state index contributed by atoms with van der Waals surface area (Å²) in [5.41, 5.74) is 0.508. The Morgan fingerprint density at radius 2 is 2.35 bits per heavy atom. The number of piperidine rings is 1. The van der Waals surface area contributed by atoms with E-state index >= 15 is 0 Å². The Kier molecular flexibility index (Phi) is 3.64. The summed E-state index contributed by atoms with van der Waals surface area (Å²) in [5.74, 6) is 0.895. The zero-order valence-electron chi connectivity index (χ0n) is 10.6. The number of pyridine rings is 1. The fourth-order valence-electron chi connectivity index (χ4n) is 2.39. The lowest BCUT2D eigenvalue weighted by atomic mass is 9.95. The monoisotopic (exact) mass is 235 g/mol. The molecule has 1 saturated heterocycles. The minimum absolute atomic E-state index is 0.543. The first-order valence-corrected chi connectivity index (χ1v) is 6.17. The summed E-state index contributed by atoms with van der Waals surface area (Å²) < 4.78 is 0. The number of likely N-dealkylation sites (tertiary alicyclic amines) is 1. The zero-order chi connectivity index (χ0) is 12.3. The van der Waals surface area contributed by atoms with Crippen molar-refractivity contribution in [2.24, 2.45) is 0 Å². The van der Waals surface area contributed by atoms with Crippen molar-refractivity contribution in [1.29, 1.82) is 0 Å². The highest BCUT2D eigenvalue weighted by molar-refractivity contribution is 5.34. The number of nitrogens with zero attached hydrogens (tertiary/aromatic N) is 2. The molecule has 1 aliphatic heterocycles. The first-order chi connectivity index (χ1) is 8.09. The predicted octanol–water partition coefficient (Wildman–Crippen LogP) is 1.47. The summed E-state index contributed by atoms with van der Waals surface area (Å²) >= 11 is 0. The molecule has 0 amide bonds. The molecule has 4 heteroatoms. The lowest BCUT2D eigenvalue weighted by Crippen LogP contribution is -2.45. The van der Waals surface area contributed by atoms with Gasteiger partial charge in [-0.3, -0.25) is 4.90 Å². The highest BCUT2D eigenvalue weighted by Gasteiger charge is 2.28. The van der Waals surface area contributed by atoms with Gasteiger partial charge >= 0.3 is 0 Å². The molecule has 0 aliphatic carbocycles. The van der Waals surface area contributed by atoms with Crippen molar-refractivity contribution in [3.05, 3.63) is 23.9 Å². The van der Waals surface area contributed by atoms with Crippen molar-refractivity contribution in [2.45, 2.75) is 31.9 Å². The van der Waals surface area contributed by atoms with E-state index in [9.17, 15) is 5.11 Å². The van der Waals surface area contributed by atoms with Crippen LogP contribution in [0.1, 0.15) is 25.5 Å². The first kappa shape index (κ1) is 12.3. The zero-order valence-corrected chi connectivity index (χ0v) is 10.6. The molecular weight excluding hydrogens is 214 g/mol. The molecule has 0 bridgehead atoms. The minimum atomic E-state index is -0.543.